The summed E-state index contributed by atoms with van der Waals surface area (Å²) in [5.74, 6) is 0.927. The minimum atomic E-state index is -0.270. The molecule has 3 heteroatoms. The summed E-state index contributed by atoms with van der Waals surface area (Å²) < 4.78 is 5.92. The van der Waals surface area contributed by atoms with Crippen LogP contribution in [0.3, 0.4) is 0 Å². The molecule has 0 spiro atoms. The van der Waals surface area contributed by atoms with Gasteiger partial charge in [-0.1, -0.05) is 12.1 Å². The lowest BCUT2D eigenvalue weighted by molar-refractivity contribution is 0.210. The van der Waals surface area contributed by atoms with Crippen molar-refractivity contribution >= 4 is 6.08 Å². The first-order valence-corrected chi connectivity index (χ1v) is 6.69. The molecule has 0 radical (unpaired) electrons. The molecule has 0 saturated heterocycles. The van der Waals surface area contributed by atoms with Crippen LogP contribution in [0.25, 0.3) is 0 Å². The van der Waals surface area contributed by atoms with Crippen LogP contribution in [0.1, 0.15) is 44.1 Å². The number of isocyanates is 1. The Morgan fingerprint density at radius 2 is 1.83 bits per heavy atom. The maximum atomic E-state index is 10.4. The standard InChI is InChI=1S/C15H17NO2/c17-11-16-15(9-10-15)12-5-7-14(8-6-12)18-13-3-1-2-4-13/h5-8,13H,1-4,9-10H2. The van der Waals surface area contributed by atoms with Crippen molar-refractivity contribution in [1.29, 1.82) is 0 Å². The predicted octanol–water partition coefficient (Wildman–Crippen LogP) is 3.33. The van der Waals surface area contributed by atoms with E-state index in [2.05, 4.69) is 4.99 Å². The quantitative estimate of drug-likeness (QED) is 0.601. The van der Waals surface area contributed by atoms with Gasteiger partial charge in [-0.3, -0.25) is 0 Å². The Hall–Kier alpha value is -1.60. The zero-order valence-electron chi connectivity index (χ0n) is 10.4. The van der Waals surface area contributed by atoms with Gasteiger partial charge in [0, 0.05) is 0 Å². The third-order valence-electron chi connectivity index (χ3n) is 3.98. The zero-order valence-corrected chi connectivity index (χ0v) is 10.4. The molecule has 18 heavy (non-hydrogen) atoms. The summed E-state index contributed by atoms with van der Waals surface area (Å²) in [4.78, 5) is 14.3. The van der Waals surface area contributed by atoms with Crippen LogP contribution >= 0.6 is 0 Å². The summed E-state index contributed by atoms with van der Waals surface area (Å²) in [6.45, 7) is 0. The molecule has 0 unspecified atom stereocenters. The summed E-state index contributed by atoms with van der Waals surface area (Å²) in [5, 5.41) is 0. The molecule has 2 aliphatic rings. The van der Waals surface area contributed by atoms with Crippen molar-refractivity contribution in [2.75, 3.05) is 0 Å². The molecule has 0 atom stereocenters. The Morgan fingerprint density at radius 3 is 2.39 bits per heavy atom. The minimum Gasteiger partial charge on any atom is -0.490 e. The van der Waals surface area contributed by atoms with E-state index in [4.69, 9.17) is 4.74 Å². The van der Waals surface area contributed by atoms with Gasteiger partial charge < -0.3 is 4.74 Å². The van der Waals surface area contributed by atoms with Crippen molar-refractivity contribution < 1.29 is 9.53 Å². The molecule has 0 N–H and O–H groups in total. The van der Waals surface area contributed by atoms with E-state index in [1.807, 2.05) is 24.3 Å². The SMILES string of the molecule is O=C=NC1(c2ccc(OC3CCCC3)cc2)CC1. The highest BCUT2D eigenvalue weighted by molar-refractivity contribution is 5.42. The second-order valence-corrected chi connectivity index (χ2v) is 5.28. The van der Waals surface area contributed by atoms with Crippen LogP contribution in [0.15, 0.2) is 29.3 Å². The number of benzene rings is 1. The number of hydrogen-bond acceptors (Lipinski definition) is 3. The van der Waals surface area contributed by atoms with Gasteiger partial charge in [-0.2, -0.15) is 4.99 Å². The first kappa shape index (κ1) is 11.5. The average molecular weight is 243 g/mol. The normalized spacial score (nSPS) is 21.3. The van der Waals surface area contributed by atoms with Crippen LogP contribution in [-0.4, -0.2) is 12.2 Å². The van der Waals surface area contributed by atoms with Gasteiger partial charge in [0.05, 0.1) is 11.6 Å². The van der Waals surface area contributed by atoms with Crippen molar-refractivity contribution in [1.82, 2.24) is 0 Å². The van der Waals surface area contributed by atoms with Crippen molar-refractivity contribution in [3.05, 3.63) is 29.8 Å². The Kier molecular flexibility index (Phi) is 2.92. The van der Waals surface area contributed by atoms with Crippen molar-refractivity contribution in [3.63, 3.8) is 0 Å². The molecular weight excluding hydrogens is 226 g/mol. The average Bonchev–Trinajstić information content (AvgIpc) is 2.99. The molecule has 3 rings (SSSR count). The number of ether oxygens (including phenoxy) is 1. The molecule has 0 aliphatic heterocycles. The first-order valence-electron chi connectivity index (χ1n) is 6.69. The van der Waals surface area contributed by atoms with E-state index in [0.29, 0.717) is 6.10 Å². The van der Waals surface area contributed by atoms with Gasteiger partial charge in [-0.25, -0.2) is 4.79 Å². The van der Waals surface area contributed by atoms with Crippen molar-refractivity contribution in [3.8, 4) is 5.75 Å². The number of rotatable bonds is 4. The van der Waals surface area contributed by atoms with Gasteiger partial charge in [0.1, 0.15) is 5.75 Å². The maximum absolute atomic E-state index is 10.4. The van der Waals surface area contributed by atoms with Crippen LogP contribution < -0.4 is 4.74 Å². The highest BCUT2D eigenvalue weighted by atomic mass is 16.5. The van der Waals surface area contributed by atoms with Gasteiger partial charge in [-0.15, -0.1) is 0 Å². The number of aliphatic imine (C=N–C) groups is 1. The minimum absolute atomic E-state index is 0.270. The monoisotopic (exact) mass is 243 g/mol. The fraction of sp³-hybridized carbons (Fsp3) is 0.533. The topological polar surface area (TPSA) is 38.7 Å². The fourth-order valence-corrected chi connectivity index (χ4v) is 2.71. The maximum Gasteiger partial charge on any atom is 0.235 e. The van der Waals surface area contributed by atoms with E-state index in [9.17, 15) is 4.79 Å². The largest absolute Gasteiger partial charge is 0.490 e. The molecule has 94 valence electrons. The summed E-state index contributed by atoms with van der Waals surface area (Å²) in [6, 6.07) is 8.04. The third-order valence-corrected chi connectivity index (χ3v) is 3.98. The Morgan fingerprint density at radius 1 is 1.17 bits per heavy atom. The molecule has 0 aromatic heterocycles. The summed E-state index contributed by atoms with van der Waals surface area (Å²) in [5.41, 5.74) is 0.831. The number of carbonyl (C=O) groups excluding carboxylic acids is 1. The number of nitrogens with zero attached hydrogens (tertiary/aromatic N) is 1. The molecule has 2 saturated carbocycles. The zero-order chi connectivity index (χ0) is 12.4. The molecule has 2 aliphatic carbocycles. The van der Waals surface area contributed by atoms with Crippen molar-refractivity contribution in [2.45, 2.75) is 50.2 Å². The molecule has 0 heterocycles. The highest BCUT2D eigenvalue weighted by Crippen LogP contribution is 2.49. The second kappa shape index (κ2) is 4.58. The molecular formula is C15H17NO2. The highest BCUT2D eigenvalue weighted by Gasteiger charge is 2.44. The Labute approximate surface area is 107 Å². The van der Waals surface area contributed by atoms with Gasteiger partial charge in [0.2, 0.25) is 6.08 Å². The predicted molar refractivity (Wildman–Crippen MR) is 68.4 cm³/mol. The molecule has 0 amide bonds. The van der Waals surface area contributed by atoms with Gasteiger partial charge in [-0.05, 0) is 56.2 Å². The third kappa shape index (κ3) is 2.19. The van der Waals surface area contributed by atoms with Crippen molar-refractivity contribution in [2.24, 2.45) is 4.99 Å². The summed E-state index contributed by atoms with van der Waals surface area (Å²) in [7, 11) is 0. The lowest BCUT2D eigenvalue weighted by atomic mass is 10.1. The van der Waals surface area contributed by atoms with Crippen LogP contribution in [0, 0.1) is 0 Å². The van der Waals surface area contributed by atoms with Crippen LogP contribution in [0.5, 0.6) is 5.75 Å². The lowest BCUT2D eigenvalue weighted by Crippen LogP contribution is -2.11. The first-order chi connectivity index (χ1) is 8.82. The van der Waals surface area contributed by atoms with Gasteiger partial charge in [0.25, 0.3) is 0 Å². The summed E-state index contributed by atoms with van der Waals surface area (Å²) in [6.07, 6.45) is 8.86. The molecule has 0 bridgehead atoms. The molecule has 2 fully saturated rings. The molecule has 1 aromatic rings. The van der Waals surface area contributed by atoms with Crippen LogP contribution in [0.2, 0.25) is 0 Å². The fourth-order valence-electron chi connectivity index (χ4n) is 2.71. The van der Waals surface area contributed by atoms with E-state index < -0.39 is 0 Å². The Balaban J connectivity index is 1.71. The second-order valence-electron chi connectivity index (χ2n) is 5.28. The van der Waals surface area contributed by atoms with E-state index in [0.717, 1.165) is 24.2 Å². The molecule has 3 nitrogen and oxygen atoms in total. The van der Waals surface area contributed by atoms with Gasteiger partial charge in [0.15, 0.2) is 0 Å². The van der Waals surface area contributed by atoms with E-state index in [-0.39, 0.29) is 5.54 Å². The number of hydrogen-bond donors (Lipinski definition) is 0. The lowest BCUT2D eigenvalue weighted by Gasteiger charge is -2.14. The van der Waals surface area contributed by atoms with Crippen LogP contribution in [0.4, 0.5) is 0 Å². The van der Waals surface area contributed by atoms with E-state index in [1.165, 1.54) is 25.7 Å². The van der Waals surface area contributed by atoms with E-state index >= 15 is 0 Å². The Bertz CT molecular complexity index is 464. The van der Waals surface area contributed by atoms with Crippen LogP contribution in [-0.2, 0) is 10.3 Å². The summed E-state index contributed by atoms with van der Waals surface area (Å²) >= 11 is 0. The van der Waals surface area contributed by atoms with Gasteiger partial charge >= 0.3 is 0 Å². The smallest absolute Gasteiger partial charge is 0.235 e. The van der Waals surface area contributed by atoms with E-state index in [1.54, 1.807) is 6.08 Å². The molecule has 1 aromatic carbocycles.